The molecule has 1 aliphatic carbocycles. The van der Waals surface area contributed by atoms with Crippen molar-refractivity contribution in [2.75, 3.05) is 18.0 Å². The van der Waals surface area contributed by atoms with Crippen LogP contribution in [-0.4, -0.2) is 33.7 Å². The summed E-state index contributed by atoms with van der Waals surface area (Å²) in [6, 6.07) is 0.671. The number of pyridine rings is 1. The van der Waals surface area contributed by atoms with Gasteiger partial charge in [0.2, 0.25) is 0 Å². The van der Waals surface area contributed by atoms with Crippen LogP contribution in [0.15, 0.2) is 12.3 Å². The van der Waals surface area contributed by atoms with Crippen molar-refractivity contribution < 1.29 is 23.2 Å². The molecule has 1 aromatic rings. The van der Waals surface area contributed by atoms with E-state index in [1.807, 2.05) is 0 Å². The van der Waals surface area contributed by atoms with E-state index in [0.29, 0.717) is 12.3 Å². The van der Waals surface area contributed by atoms with Gasteiger partial charge in [0.25, 0.3) is 0 Å². The summed E-state index contributed by atoms with van der Waals surface area (Å²) in [5, 5.41) is 21.1. The van der Waals surface area contributed by atoms with Crippen molar-refractivity contribution in [1.82, 2.24) is 4.98 Å². The SMILES string of the molecule is O=[N+]([O-])c1cnc(C(F)(F)F)cc1N1CC(O)(C2CC2)C1. The standard InChI is InChI=1S/C12H12F3N3O3/c13-12(14,15)10-3-8(9(4-16-10)18(20)21)17-5-11(19,6-17)7-1-2-7/h3-4,7,19H,1-2,5-6H2. The zero-order chi connectivity index (χ0) is 15.4. The minimum Gasteiger partial charge on any atom is -0.386 e. The maximum absolute atomic E-state index is 12.7. The fourth-order valence-electron chi connectivity index (χ4n) is 2.65. The third kappa shape index (κ3) is 2.41. The van der Waals surface area contributed by atoms with E-state index in [9.17, 15) is 28.4 Å². The van der Waals surface area contributed by atoms with E-state index in [1.165, 1.54) is 4.90 Å². The molecule has 0 amide bonds. The second-order valence-electron chi connectivity index (χ2n) is 5.55. The van der Waals surface area contributed by atoms with Gasteiger partial charge in [-0.2, -0.15) is 13.2 Å². The average Bonchev–Trinajstić information content (AvgIpc) is 3.17. The number of hydrogen-bond acceptors (Lipinski definition) is 5. The zero-order valence-corrected chi connectivity index (χ0v) is 10.8. The first-order valence-corrected chi connectivity index (χ1v) is 6.40. The van der Waals surface area contributed by atoms with Crippen LogP contribution in [0.5, 0.6) is 0 Å². The molecule has 0 bridgehead atoms. The summed E-state index contributed by atoms with van der Waals surface area (Å²) in [5.41, 5.74) is -2.74. The number of alkyl halides is 3. The van der Waals surface area contributed by atoms with Crippen molar-refractivity contribution in [3.8, 4) is 0 Å². The Morgan fingerprint density at radius 3 is 2.52 bits per heavy atom. The van der Waals surface area contributed by atoms with Gasteiger partial charge in [0.05, 0.1) is 4.92 Å². The molecule has 1 N–H and O–H groups in total. The van der Waals surface area contributed by atoms with Crippen molar-refractivity contribution in [1.29, 1.82) is 0 Å². The van der Waals surface area contributed by atoms with Gasteiger partial charge in [-0.25, -0.2) is 4.98 Å². The van der Waals surface area contributed by atoms with Crippen LogP contribution in [0.3, 0.4) is 0 Å². The van der Waals surface area contributed by atoms with Gasteiger partial charge in [0, 0.05) is 13.1 Å². The average molecular weight is 303 g/mol. The predicted octanol–water partition coefficient (Wildman–Crippen LogP) is 1.97. The van der Waals surface area contributed by atoms with Gasteiger partial charge in [0.1, 0.15) is 23.2 Å². The number of aromatic nitrogens is 1. The monoisotopic (exact) mass is 303 g/mol. The van der Waals surface area contributed by atoms with E-state index in [0.717, 1.165) is 12.8 Å². The van der Waals surface area contributed by atoms with Gasteiger partial charge in [-0.3, -0.25) is 10.1 Å². The molecule has 1 saturated heterocycles. The van der Waals surface area contributed by atoms with Gasteiger partial charge >= 0.3 is 11.9 Å². The number of halogens is 3. The molecule has 3 rings (SSSR count). The first-order chi connectivity index (χ1) is 9.71. The molecule has 0 unspecified atom stereocenters. The van der Waals surface area contributed by atoms with Crippen molar-refractivity contribution in [2.24, 2.45) is 5.92 Å². The maximum atomic E-state index is 12.7. The van der Waals surface area contributed by atoms with Crippen LogP contribution in [0.1, 0.15) is 18.5 Å². The summed E-state index contributed by atoms with van der Waals surface area (Å²) < 4.78 is 38.0. The Balaban J connectivity index is 1.90. The van der Waals surface area contributed by atoms with E-state index < -0.39 is 28.1 Å². The fraction of sp³-hybridized carbons (Fsp3) is 0.583. The maximum Gasteiger partial charge on any atom is 0.433 e. The molecule has 9 heteroatoms. The lowest BCUT2D eigenvalue weighted by Crippen LogP contribution is -2.63. The molecule has 0 spiro atoms. The second-order valence-corrected chi connectivity index (χ2v) is 5.55. The Hall–Kier alpha value is -1.90. The van der Waals surface area contributed by atoms with Crippen LogP contribution in [0.25, 0.3) is 0 Å². The summed E-state index contributed by atoms with van der Waals surface area (Å²) in [6.45, 7) is 0.222. The lowest BCUT2D eigenvalue weighted by Gasteiger charge is -2.48. The Morgan fingerprint density at radius 2 is 2.05 bits per heavy atom. The highest BCUT2D eigenvalue weighted by molar-refractivity contribution is 5.65. The highest BCUT2D eigenvalue weighted by atomic mass is 19.4. The van der Waals surface area contributed by atoms with Crippen LogP contribution in [0.4, 0.5) is 24.5 Å². The van der Waals surface area contributed by atoms with E-state index in [2.05, 4.69) is 4.98 Å². The fourth-order valence-corrected chi connectivity index (χ4v) is 2.65. The van der Waals surface area contributed by atoms with Gasteiger partial charge in [-0.1, -0.05) is 0 Å². The number of nitrogens with zero attached hydrogens (tertiary/aromatic N) is 3. The minimum absolute atomic E-state index is 0.111. The van der Waals surface area contributed by atoms with Crippen molar-refractivity contribution >= 4 is 11.4 Å². The summed E-state index contributed by atoms with van der Waals surface area (Å²) in [7, 11) is 0. The molecular weight excluding hydrogens is 291 g/mol. The second kappa shape index (κ2) is 4.30. The predicted molar refractivity (Wildman–Crippen MR) is 65.8 cm³/mol. The number of hydrogen-bond donors (Lipinski definition) is 1. The number of aliphatic hydroxyl groups is 1. The molecule has 1 aliphatic heterocycles. The third-order valence-corrected chi connectivity index (χ3v) is 3.96. The van der Waals surface area contributed by atoms with Gasteiger partial charge in [-0.15, -0.1) is 0 Å². The lowest BCUT2D eigenvalue weighted by molar-refractivity contribution is -0.384. The molecule has 2 heterocycles. The van der Waals surface area contributed by atoms with E-state index >= 15 is 0 Å². The Labute approximate surface area is 117 Å². The molecule has 1 aromatic heterocycles. The van der Waals surface area contributed by atoms with E-state index in [1.54, 1.807) is 0 Å². The Bertz CT molecular complexity index is 595. The summed E-state index contributed by atoms with van der Waals surface area (Å²) in [5.74, 6) is 0.150. The number of anilines is 1. The molecule has 1 saturated carbocycles. The minimum atomic E-state index is -4.67. The number of β-amino-alcohol motifs (C(OH)–C–C–N with tert-alkyl or cyclic N) is 1. The summed E-state index contributed by atoms with van der Waals surface area (Å²) in [6.07, 6.45) is -2.28. The quantitative estimate of drug-likeness (QED) is 0.682. The number of nitro groups is 1. The van der Waals surface area contributed by atoms with E-state index in [4.69, 9.17) is 0 Å². The van der Waals surface area contributed by atoms with Crippen molar-refractivity contribution in [3.05, 3.63) is 28.1 Å². The molecule has 6 nitrogen and oxygen atoms in total. The normalized spacial score (nSPS) is 21.0. The molecule has 2 aliphatic rings. The van der Waals surface area contributed by atoms with Gasteiger partial charge in [-0.05, 0) is 24.8 Å². The first-order valence-electron chi connectivity index (χ1n) is 6.40. The van der Waals surface area contributed by atoms with Crippen LogP contribution < -0.4 is 4.90 Å². The third-order valence-electron chi connectivity index (χ3n) is 3.96. The molecule has 21 heavy (non-hydrogen) atoms. The van der Waals surface area contributed by atoms with Crippen LogP contribution >= 0.6 is 0 Å². The van der Waals surface area contributed by atoms with Crippen LogP contribution in [0.2, 0.25) is 0 Å². The molecule has 0 radical (unpaired) electrons. The Morgan fingerprint density at radius 1 is 1.43 bits per heavy atom. The molecule has 114 valence electrons. The van der Waals surface area contributed by atoms with Gasteiger partial charge < -0.3 is 10.0 Å². The highest BCUT2D eigenvalue weighted by Gasteiger charge is 2.53. The summed E-state index contributed by atoms with van der Waals surface area (Å²) >= 11 is 0. The van der Waals surface area contributed by atoms with Crippen LogP contribution in [-0.2, 0) is 6.18 Å². The van der Waals surface area contributed by atoms with E-state index in [-0.39, 0.29) is 24.7 Å². The summed E-state index contributed by atoms with van der Waals surface area (Å²) in [4.78, 5) is 14.7. The zero-order valence-electron chi connectivity index (χ0n) is 10.8. The van der Waals surface area contributed by atoms with Crippen molar-refractivity contribution in [2.45, 2.75) is 24.6 Å². The number of rotatable bonds is 3. The molecule has 0 atom stereocenters. The topological polar surface area (TPSA) is 79.5 Å². The molecule has 2 fully saturated rings. The smallest absolute Gasteiger partial charge is 0.386 e. The first kappa shape index (κ1) is 14.1. The van der Waals surface area contributed by atoms with Crippen molar-refractivity contribution in [3.63, 3.8) is 0 Å². The molecule has 0 aromatic carbocycles. The lowest BCUT2D eigenvalue weighted by atomic mass is 9.88. The highest BCUT2D eigenvalue weighted by Crippen LogP contribution is 2.47. The molecular formula is C12H12F3N3O3. The van der Waals surface area contributed by atoms with Gasteiger partial charge in [0.15, 0.2) is 0 Å². The largest absolute Gasteiger partial charge is 0.433 e. The van der Waals surface area contributed by atoms with Crippen LogP contribution in [0, 0.1) is 16.0 Å². The Kier molecular flexibility index (Phi) is 2.88.